The lowest BCUT2D eigenvalue weighted by atomic mass is 10.1. The average Bonchev–Trinajstić information content (AvgIpc) is 3.46. The molecule has 0 atom stereocenters. The second-order valence-electron chi connectivity index (χ2n) is 9.31. The maximum absolute atomic E-state index is 6.69. The van der Waals surface area contributed by atoms with Gasteiger partial charge in [-0.1, -0.05) is 62.4 Å². The van der Waals surface area contributed by atoms with Crippen molar-refractivity contribution in [3.8, 4) is 16.9 Å². The van der Waals surface area contributed by atoms with E-state index < -0.39 is 0 Å². The van der Waals surface area contributed by atoms with Gasteiger partial charge >= 0.3 is 0 Å². The van der Waals surface area contributed by atoms with Crippen LogP contribution in [0.1, 0.15) is 31.7 Å². The van der Waals surface area contributed by atoms with Crippen LogP contribution in [0.15, 0.2) is 85.8 Å². The Morgan fingerprint density at radius 3 is 2.42 bits per heavy atom. The minimum absolute atomic E-state index is 0.697. The largest absolute Gasteiger partial charge is 0.372 e. The molecule has 3 heterocycles. The second kappa shape index (κ2) is 10.6. The maximum atomic E-state index is 6.69. The fourth-order valence-corrected chi connectivity index (χ4v) is 5.00. The summed E-state index contributed by atoms with van der Waals surface area (Å²) in [6.45, 7) is 14.8. The molecule has 1 fully saturated rings. The second-order valence-corrected chi connectivity index (χ2v) is 9.72. The standard InChI is InChI=1S/C30H32ClN5/c1-4-5-7-22(2)34-16-18-35(19-17-34)23(3)25-10-13-27-28(31)21-29(33-30(27)20-25)24-8-11-26(12-9-24)36-15-6-14-32-36/h6,8-15,20-21H,2-5,7,16-19H2,1H3. The first-order valence-corrected chi connectivity index (χ1v) is 13.0. The summed E-state index contributed by atoms with van der Waals surface area (Å²) >= 11 is 6.69. The van der Waals surface area contributed by atoms with Crippen LogP contribution in [0.4, 0.5) is 0 Å². The molecule has 0 radical (unpaired) electrons. The number of nitrogens with zero attached hydrogens (tertiary/aromatic N) is 5. The molecule has 0 amide bonds. The van der Waals surface area contributed by atoms with Crippen LogP contribution in [-0.2, 0) is 0 Å². The van der Waals surface area contributed by atoms with E-state index in [-0.39, 0.29) is 0 Å². The monoisotopic (exact) mass is 497 g/mol. The van der Waals surface area contributed by atoms with Crippen molar-refractivity contribution in [1.82, 2.24) is 24.6 Å². The summed E-state index contributed by atoms with van der Waals surface area (Å²) in [5, 5.41) is 5.94. The summed E-state index contributed by atoms with van der Waals surface area (Å²) in [5.74, 6) is 0. The molecule has 2 aromatic heterocycles. The molecule has 184 valence electrons. The molecule has 0 saturated carbocycles. The number of fused-ring (bicyclic) bond motifs is 1. The Bertz CT molecular complexity index is 1370. The van der Waals surface area contributed by atoms with E-state index in [2.05, 4.69) is 65.3 Å². The van der Waals surface area contributed by atoms with Gasteiger partial charge in [0.15, 0.2) is 0 Å². The molecule has 6 heteroatoms. The minimum Gasteiger partial charge on any atom is -0.372 e. The van der Waals surface area contributed by atoms with Crippen LogP contribution in [0.3, 0.4) is 0 Å². The van der Waals surface area contributed by atoms with Gasteiger partial charge < -0.3 is 9.80 Å². The lowest BCUT2D eigenvalue weighted by Gasteiger charge is -2.39. The van der Waals surface area contributed by atoms with E-state index in [9.17, 15) is 0 Å². The summed E-state index contributed by atoms with van der Waals surface area (Å²) in [7, 11) is 0. The van der Waals surface area contributed by atoms with E-state index >= 15 is 0 Å². The Hall–Kier alpha value is -3.57. The third kappa shape index (κ3) is 5.02. The van der Waals surface area contributed by atoms with Crippen LogP contribution >= 0.6 is 11.6 Å². The zero-order chi connectivity index (χ0) is 25.1. The molecule has 0 bridgehead atoms. The number of piperazine rings is 1. The first kappa shape index (κ1) is 24.1. The third-order valence-electron chi connectivity index (χ3n) is 6.95. The van der Waals surface area contributed by atoms with E-state index in [4.69, 9.17) is 16.6 Å². The predicted molar refractivity (Wildman–Crippen MR) is 150 cm³/mol. The summed E-state index contributed by atoms with van der Waals surface area (Å²) in [4.78, 5) is 9.75. The van der Waals surface area contributed by atoms with E-state index in [0.29, 0.717) is 5.02 Å². The van der Waals surface area contributed by atoms with Crippen molar-refractivity contribution in [2.75, 3.05) is 26.2 Å². The summed E-state index contributed by atoms with van der Waals surface area (Å²) in [6.07, 6.45) is 7.19. The van der Waals surface area contributed by atoms with Gasteiger partial charge in [0.25, 0.3) is 0 Å². The average molecular weight is 498 g/mol. The van der Waals surface area contributed by atoms with Crippen LogP contribution in [0.25, 0.3) is 33.5 Å². The van der Waals surface area contributed by atoms with Crippen molar-refractivity contribution >= 4 is 28.2 Å². The van der Waals surface area contributed by atoms with Gasteiger partial charge in [0, 0.05) is 60.9 Å². The summed E-state index contributed by atoms with van der Waals surface area (Å²) in [6, 6.07) is 18.3. The molecular formula is C30H32ClN5. The molecule has 4 aromatic rings. The predicted octanol–water partition coefficient (Wildman–Crippen LogP) is 7.03. The molecular weight excluding hydrogens is 466 g/mol. The molecule has 0 N–H and O–H groups in total. The van der Waals surface area contributed by atoms with Crippen molar-refractivity contribution < 1.29 is 0 Å². The van der Waals surface area contributed by atoms with Crippen molar-refractivity contribution in [3.63, 3.8) is 0 Å². The Balaban J connectivity index is 1.34. The van der Waals surface area contributed by atoms with Gasteiger partial charge in [-0.2, -0.15) is 5.10 Å². The highest BCUT2D eigenvalue weighted by atomic mass is 35.5. The van der Waals surface area contributed by atoms with E-state index in [1.807, 2.05) is 35.1 Å². The number of pyridine rings is 1. The van der Waals surface area contributed by atoms with Gasteiger partial charge in [0.1, 0.15) is 0 Å². The van der Waals surface area contributed by atoms with Crippen molar-refractivity contribution in [3.05, 3.63) is 96.4 Å². The number of hydrogen-bond donors (Lipinski definition) is 0. The molecule has 0 spiro atoms. The van der Waals surface area contributed by atoms with Crippen molar-refractivity contribution in [2.24, 2.45) is 0 Å². The number of rotatable bonds is 8. The smallest absolute Gasteiger partial charge is 0.0731 e. The van der Waals surface area contributed by atoms with Crippen LogP contribution in [-0.4, -0.2) is 50.7 Å². The fraction of sp³-hybridized carbons (Fsp3) is 0.267. The molecule has 0 unspecified atom stereocenters. The summed E-state index contributed by atoms with van der Waals surface area (Å²) in [5.41, 5.74) is 7.11. The Morgan fingerprint density at radius 2 is 1.72 bits per heavy atom. The quantitative estimate of drug-likeness (QED) is 0.262. The number of aromatic nitrogens is 3. The number of hydrogen-bond acceptors (Lipinski definition) is 4. The number of allylic oxidation sites excluding steroid dienone is 1. The maximum Gasteiger partial charge on any atom is 0.0731 e. The fourth-order valence-electron chi connectivity index (χ4n) is 4.73. The van der Waals surface area contributed by atoms with E-state index in [1.165, 1.54) is 18.5 Å². The Kier molecular flexibility index (Phi) is 7.10. The molecule has 1 saturated heterocycles. The van der Waals surface area contributed by atoms with Crippen molar-refractivity contribution in [2.45, 2.75) is 26.2 Å². The van der Waals surface area contributed by atoms with E-state index in [1.54, 1.807) is 6.20 Å². The van der Waals surface area contributed by atoms with Gasteiger partial charge in [0.05, 0.1) is 21.9 Å². The van der Waals surface area contributed by atoms with Gasteiger partial charge in [-0.05, 0) is 48.7 Å². The molecule has 2 aromatic carbocycles. The Labute approximate surface area is 218 Å². The van der Waals surface area contributed by atoms with Gasteiger partial charge in [0.2, 0.25) is 0 Å². The normalized spacial score (nSPS) is 13.8. The molecule has 1 aliphatic rings. The lowest BCUT2D eigenvalue weighted by molar-refractivity contribution is 0.209. The summed E-state index contributed by atoms with van der Waals surface area (Å²) < 4.78 is 1.84. The molecule has 5 rings (SSSR count). The molecule has 0 aliphatic carbocycles. The minimum atomic E-state index is 0.697. The van der Waals surface area contributed by atoms with Gasteiger partial charge in [-0.3, -0.25) is 0 Å². The molecule has 36 heavy (non-hydrogen) atoms. The van der Waals surface area contributed by atoms with Crippen molar-refractivity contribution in [1.29, 1.82) is 0 Å². The number of unbranched alkanes of at least 4 members (excludes halogenated alkanes) is 1. The topological polar surface area (TPSA) is 37.2 Å². The zero-order valence-corrected chi connectivity index (χ0v) is 21.6. The third-order valence-corrected chi connectivity index (χ3v) is 7.26. The van der Waals surface area contributed by atoms with Crippen LogP contribution in [0.5, 0.6) is 0 Å². The highest BCUT2D eigenvalue weighted by molar-refractivity contribution is 6.35. The highest BCUT2D eigenvalue weighted by Gasteiger charge is 2.20. The highest BCUT2D eigenvalue weighted by Crippen LogP contribution is 2.31. The van der Waals surface area contributed by atoms with Gasteiger partial charge in [-0.15, -0.1) is 0 Å². The number of benzene rings is 2. The molecule has 1 aliphatic heterocycles. The first-order chi connectivity index (χ1) is 17.5. The molecule has 5 nitrogen and oxygen atoms in total. The Morgan fingerprint density at radius 1 is 0.972 bits per heavy atom. The number of halogens is 1. The zero-order valence-electron chi connectivity index (χ0n) is 20.8. The van der Waals surface area contributed by atoms with Crippen LogP contribution in [0, 0.1) is 0 Å². The van der Waals surface area contributed by atoms with E-state index in [0.717, 1.165) is 71.7 Å². The SMILES string of the molecule is C=C(CCCC)N1CCN(C(=C)c2ccc3c(Cl)cc(-c4ccc(-n5cccn5)cc4)nc3c2)CC1. The lowest BCUT2D eigenvalue weighted by Crippen LogP contribution is -2.44. The first-order valence-electron chi connectivity index (χ1n) is 12.6. The van der Waals surface area contributed by atoms with Gasteiger partial charge in [-0.25, -0.2) is 9.67 Å². The van der Waals surface area contributed by atoms with Crippen LogP contribution in [0.2, 0.25) is 5.02 Å². The van der Waals surface area contributed by atoms with Crippen LogP contribution < -0.4 is 0 Å².